The third kappa shape index (κ3) is 3.31. The minimum Gasteiger partial charge on any atom is -0.467 e. The highest BCUT2D eigenvalue weighted by molar-refractivity contribution is 6.00. The number of primary amides is 1. The molecule has 0 aliphatic rings. The molecule has 18 heavy (non-hydrogen) atoms. The van der Waals surface area contributed by atoms with Crippen molar-refractivity contribution in [3.8, 4) is 0 Å². The van der Waals surface area contributed by atoms with E-state index < -0.39 is 23.8 Å². The van der Waals surface area contributed by atoms with E-state index in [1.807, 2.05) is 0 Å². The number of benzene rings is 1. The third-order valence-electron chi connectivity index (χ3n) is 2.31. The molecule has 3 N–H and O–H groups in total. The van der Waals surface area contributed by atoms with Gasteiger partial charge in [-0.15, -0.1) is 0 Å². The van der Waals surface area contributed by atoms with Gasteiger partial charge in [0.25, 0.3) is 5.91 Å². The molecule has 0 aliphatic carbocycles. The van der Waals surface area contributed by atoms with E-state index in [1.165, 1.54) is 38.3 Å². The molecule has 0 saturated heterocycles. The topological polar surface area (TPSA) is 98.5 Å². The molecule has 0 aromatic heterocycles. The van der Waals surface area contributed by atoms with E-state index in [1.54, 1.807) is 0 Å². The van der Waals surface area contributed by atoms with Crippen molar-refractivity contribution in [2.75, 3.05) is 7.11 Å². The fourth-order valence-corrected chi connectivity index (χ4v) is 1.33. The van der Waals surface area contributed by atoms with Crippen LogP contribution in [0, 0.1) is 0 Å². The number of ether oxygens (including phenoxy) is 1. The lowest BCUT2D eigenvalue weighted by Gasteiger charge is -2.11. The summed E-state index contributed by atoms with van der Waals surface area (Å²) < 4.78 is 4.48. The van der Waals surface area contributed by atoms with Crippen LogP contribution in [0.5, 0.6) is 0 Å². The van der Waals surface area contributed by atoms with Gasteiger partial charge in [0, 0.05) is 11.1 Å². The van der Waals surface area contributed by atoms with Crippen LogP contribution in [0.1, 0.15) is 27.6 Å². The van der Waals surface area contributed by atoms with E-state index in [-0.39, 0.29) is 11.1 Å². The molecule has 1 aromatic rings. The second kappa shape index (κ2) is 5.81. The zero-order valence-corrected chi connectivity index (χ0v) is 10.1. The van der Waals surface area contributed by atoms with Gasteiger partial charge in [-0.25, -0.2) is 4.79 Å². The lowest BCUT2D eigenvalue weighted by atomic mass is 10.1. The van der Waals surface area contributed by atoms with Crippen molar-refractivity contribution >= 4 is 17.8 Å². The van der Waals surface area contributed by atoms with Crippen molar-refractivity contribution in [2.45, 2.75) is 13.0 Å². The summed E-state index contributed by atoms with van der Waals surface area (Å²) in [7, 11) is 1.23. The first-order chi connectivity index (χ1) is 8.45. The number of esters is 1. The normalized spacial score (nSPS) is 11.4. The standard InChI is InChI=1S/C12H14N2O4/c1-7(12(17)18-2)14-11(16)9-5-3-4-8(6-9)10(13)15/h3-7H,1-2H3,(H2,13,15)(H,14,16). The molecule has 6 heteroatoms. The molecule has 1 atom stereocenters. The van der Waals surface area contributed by atoms with Gasteiger partial charge in [-0.3, -0.25) is 9.59 Å². The lowest BCUT2D eigenvalue weighted by molar-refractivity contribution is -0.142. The van der Waals surface area contributed by atoms with Gasteiger partial charge in [0.2, 0.25) is 5.91 Å². The molecule has 0 spiro atoms. The second-order valence-corrected chi connectivity index (χ2v) is 3.66. The van der Waals surface area contributed by atoms with Crippen LogP contribution < -0.4 is 11.1 Å². The summed E-state index contributed by atoms with van der Waals surface area (Å²) in [6.07, 6.45) is 0. The van der Waals surface area contributed by atoms with Gasteiger partial charge >= 0.3 is 5.97 Å². The van der Waals surface area contributed by atoms with Crippen molar-refractivity contribution < 1.29 is 19.1 Å². The molecule has 0 heterocycles. The number of nitrogens with one attached hydrogen (secondary N) is 1. The number of methoxy groups -OCH3 is 1. The van der Waals surface area contributed by atoms with Crippen LogP contribution in [0.4, 0.5) is 0 Å². The van der Waals surface area contributed by atoms with Crippen molar-refractivity contribution in [3.63, 3.8) is 0 Å². The summed E-state index contributed by atoms with van der Waals surface area (Å²) >= 11 is 0. The Kier molecular flexibility index (Phi) is 4.42. The van der Waals surface area contributed by atoms with E-state index in [2.05, 4.69) is 10.1 Å². The number of rotatable bonds is 4. The summed E-state index contributed by atoms with van der Waals surface area (Å²) in [5.41, 5.74) is 5.59. The molecule has 6 nitrogen and oxygen atoms in total. The van der Waals surface area contributed by atoms with Crippen molar-refractivity contribution in [1.82, 2.24) is 5.32 Å². The van der Waals surface area contributed by atoms with Gasteiger partial charge in [0.05, 0.1) is 7.11 Å². The minimum atomic E-state index is -0.764. The van der Waals surface area contributed by atoms with Crippen LogP contribution in [0.25, 0.3) is 0 Å². The molecular formula is C12H14N2O4. The van der Waals surface area contributed by atoms with Gasteiger partial charge in [-0.1, -0.05) is 6.07 Å². The van der Waals surface area contributed by atoms with Crippen LogP contribution in [0.2, 0.25) is 0 Å². The SMILES string of the molecule is COC(=O)C(C)NC(=O)c1cccc(C(N)=O)c1. The fraction of sp³-hybridized carbons (Fsp3) is 0.250. The second-order valence-electron chi connectivity index (χ2n) is 3.66. The summed E-state index contributed by atoms with van der Waals surface area (Å²) in [5, 5.41) is 2.45. The zero-order valence-electron chi connectivity index (χ0n) is 10.1. The van der Waals surface area contributed by atoms with E-state index in [0.29, 0.717) is 0 Å². The smallest absolute Gasteiger partial charge is 0.328 e. The molecule has 0 aliphatic heterocycles. The van der Waals surface area contributed by atoms with Crippen molar-refractivity contribution in [2.24, 2.45) is 5.73 Å². The average Bonchev–Trinajstić information content (AvgIpc) is 2.37. The van der Waals surface area contributed by atoms with Gasteiger partial charge in [-0.2, -0.15) is 0 Å². The van der Waals surface area contributed by atoms with E-state index in [0.717, 1.165) is 0 Å². The molecule has 0 fully saturated rings. The Hall–Kier alpha value is -2.37. The highest BCUT2D eigenvalue weighted by Gasteiger charge is 2.17. The van der Waals surface area contributed by atoms with Crippen molar-refractivity contribution in [1.29, 1.82) is 0 Å². The predicted octanol–water partition coefficient (Wildman–Crippen LogP) is 0.0768. The van der Waals surface area contributed by atoms with Crippen LogP contribution in [0.15, 0.2) is 24.3 Å². The van der Waals surface area contributed by atoms with Crippen LogP contribution >= 0.6 is 0 Å². The Labute approximate surface area is 104 Å². The molecule has 1 aromatic carbocycles. The zero-order chi connectivity index (χ0) is 13.7. The average molecular weight is 250 g/mol. The Bertz CT molecular complexity index is 485. The number of carbonyl (C=O) groups is 3. The highest BCUT2D eigenvalue weighted by Crippen LogP contribution is 2.05. The Morgan fingerprint density at radius 1 is 1.28 bits per heavy atom. The number of hydrogen-bond acceptors (Lipinski definition) is 4. The number of hydrogen-bond donors (Lipinski definition) is 2. The molecule has 2 amide bonds. The Morgan fingerprint density at radius 2 is 1.89 bits per heavy atom. The van der Waals surface area contributed by atoms with Gasteiger partial charge in [0.15, 0.2) is 0 Å². The summed E-state index contributed by atoms with van der Waals surface area (Å²) in [6.45, 7) is 1.50. The van der Waals surface area contributed by atoms with Gasteiger partial charge < -0.3 is 15.8 Å². The fourth-order valence-electron chi connectivity index (χ4n) is 1.33. The summed E-state index contributed by atoms with van der Waals surface area (Å²) in [5.74, 6) is -1.64. The maximum Gasteiger partial charge on any atom is 0.328 e. The molecule has 96 valence electrons. The maximum atomic E-state index is 11.8. The molecule has 0 bridgehead atoms. The number of nitrogens with two attached hydrogens (primary N) is 1. The lowest BCUT2D eigenvalue weighted by Crippen LogP contribution is -2.39. The summed E-state index contributed by atoms with van der Waals surface area (Å²) in [6, 6.07) is 5.16. The van der Waals surface area contributed by atoms with Crippen LogP contribution in [-0.4, -0.2) is 30.9 Å². The van der Waals surface area contributed by atoms with Gasteiger partial charge in [-0.05, 0) is 25.1 Å². The highest BCUT2D eigenvalue weighted by atomic mass is 16.5. The first-order valence-electron chi connectivity index (χ1n) is 5.24. The summed E-state index contributed by atoms with van der Waals surface area (Å²) in [4.78, 5) is 33.9. The minimum absolute atomic E-state index is 0.230. The Morgan fingerprint density at radius 3 is 2.44 bits per heavy atom. The number of carbonyl (C=O) groups excluding carboxylic acids is 3. The molecule has 1 unspecified atom stereocenters. The molecule has 0 radical (unpaired) electrons. The molecule has 0 saturated carbocycles. The Balaban J connectivity index is 2.81. The van der Waals surface area contributed by atoms with E-state index in [9.17, 15) is 14.4 Å². The van der Waals surface area contributed by atoms with Crippen LogP contribution in [-0.2, 0) is 9.53 Å². The maximum absolute atomic E-state index is 11.8. The third-order valence-corrected chi connectivity index (χ3v) is 2.31. The van der Waals surface area contributed by atoms with Gasteiger partial charge in [0.1, 0.15) is 6.04 Å². The monoisotopic (exact) mass is 250 g/mol. The molecular weight excluding hydrogens is 236 g/mol. The quantitative estimate of drug-likeness (QED) is 0.739. The largest absolute Gasteiger partial charge is 0.467 e. The van der Waals surface area contributed by atoms with Crippen LogP contribution in [0.3, 0.4) is 0 Å². The number of amides is 2. The first-order valence-corrected chi connectivity index (χ1v) is 5.24. The van der Waals surface area contributed by atoms with E-state index in [4.69, 9.17) is 5.73 Å². The first kappa shape index (κ1) is 13.7. The van der Waals surface area contributed by atoms with Crippen molar-refractivity contribution in [3.05, 3.63) is 35.4 Å². The predicted molar refractivity (Wildman–Crippen MR) is 63.9 cm³/mol. The van der Waals surface area contributed by atoms with E-state index >= 15 is 0 Å². The molecule has 1 rings (SSSR count).